The molecule has 2 unspecified atom stereocenters. The zero-order chi connectivity index (χ0) is 14.5. The molecule has 0 spiro atoms. The lowest BCUT2D eigenvalue weighted by atomic mass is 9.88. The first kappa shape index (κ1) is 15.8. The fraction of sp³-hybridized carbons (Fsp3) is 0.846. The largest absolute Gasteiger partial charge is 0.481 e. The van der Waals surface area contributed by atoms with E-state index in [1.165, 1.54) is 0 Å². The molecule has 1 heterocycles. The summed E-state index contributed by atoms with van der Waals surface area (Å²) in [7, 11) is 1.66. The van der Waals surface area contributed by atoms with Crippen molar-refractivity contribution < 1.29 is 19.4 Å². The maximum Gasteiger partial charge on any atom is 0.317 e. The minimum Gasteiger partial charge on any atom is -0.481 e. The van der Waals surface area contributed by atoms with Gasteiger partial charge in [0.05, 0.1) is 12.0 Å². The Morgan fingerprint density at radius 2 is 2.21 bits per heavy atom. The molecule has 0 aliphatic carbocycles. The number of ether oxygens (including phenoxy) is 1. The molecule has 2 N–H and O–H groups in total. The topological polar surface area (TPSA) is 78.9 Å². The van der Waals surface area contributed by atoms with Crippen LogP contribution in [0.4, 0.5) is 4.79 Å². The monoisotopic (exact) mass is 272 g/mol. The van der Waals surface area contributed by atoms with Crippen LogP contribution in [0.15, 0.2) is 0 Å². The number of carbonyl (C=O) groups excluding carboxylic acids is 1. The van der Waals surface area contributed by atoms with Gasteiger partial charge in [0.1, 0.15) is 0 Å². The number of methoxy groups -OCH3 is 1. The number of carboxylic acid groups (broad SMARTS) is 1. The second-order valence-electron chi connectivity index (χ2n) is 5.43. The third-order valence-corrected chi connectivity index (χ3v) is 3.90. The van der Waals surface area contributed by atoms with Crippen LogP contribution in [-0.2, 0) is 9.53 Å². The molecule has 0 radical (unpaired) electrons. The van der Waals surface area contributed by atoms with E-state index in [1.54, 1.807) is 18.9 Å². The van der Waals surface area contributed by atoms with Gasteiger partial charge in [-0.3, -0.25) is 4.79 Å². The highest BCUT2D eigenvalue weighted by molar-refractivity contribution is 5.78. The van der Waals surface area contributed by atoms with E-state index < -0.39 is 11.4 Å². The number of rotatable bonds is 6. The van der Waals surface area contributed by atoms with Crippen LogP contribution in [0.3, 0.4) is 0 Å². The van der Waals surface area contributed by atoms with Gasteiger partial charge in [-0.1, -0.05) is 6.92 Å². The molecule has 2 amide bonds. The van der Waals surface area contributed by atoms with Gasteiger partial charge in [0, 0.05) is 32.7 Å². The zero-order valence-electron chi connectivity index (χ0n) is 11.9. The smallest absolute Gasteiger partial charge is 0.317 e. The van der Waals surface area contributed by atoms with Gasteiger partial charge in [0.25, 0.3) is 0 Å². The van der Waals surface area contributed by atoms with Crippen LogP contribution in [-0.4, -0.2) is 55.4 Å². The summed E-state index contributed by atoms with van der Waals surface area (Å²) < 4.78 is 5.08. The number of likely N-dealkylation sites (tertiary alicyclic amines) is 1. The first-order chi connectivity index (χ1) is 8.92. The SMILES string of the molecule is CCC(C)(CNC(=O)N1CCC(COC)C1)C(=O)O. The quantitative estimate of drug-likeness (QED) is 0.760. The standard InChI is InChI=1S/C13H24N2O4/c1-4-13(2,11(16)17)9-14-12(18)15-6-5-10(7-15)8-19-3/h10H,4-9H2,1-3H3,(H,14,18)(H,16,17). The minimum absolute atomic E-state index is 0.156. The Hall–Kier alpha value is -1.30. The number of aliphatic carboxylic acids is 1. The predicted octanol–water partition coefficient (Wildman–Crippen LogP) is 1.17. The van der Waals surface area contributed by atoms with Crippen LogP contribution >= 0.6 is 0 Å². The molecule has 6 heteroatoms. The van der Waals surface area contributed by atoms with E-state index in [0.717, 1.165) is 6.42 Å². The number of nitrogens with one attached hydrogen (secondary N) is 1. The molecule has 2 atom stereocenters. The van der Waals surface area contributed by atoms with Crippen LogP contribution < -0.4 is 5.32 Å². The molecule has 0 bridgehead atoms. The Morgan fingerprint density at radius 1 is 1.53 bits per heavy atom. The number of nitrogens with zero attached hydrogens (tertiary/aromatic N) is 1. The molecule has 1 aliphatic heterocycles. The number of hydrogen-bond acceptors (Lipinski definition) is 3. The molecule has 0 aromatic carbocycles. The van der Waals surface area contributed by atoms with Gasteiger partial charge in [-0.05, 0) is 19.8 Å². The number of hydrogen-bond donors (Lipinski definition) is 2. The zero-order valence-corrected chi connectivity index (χ0v) is 11.9. The summed E-state index contributed by atoms with van der Waals surface area (Å²) in [6.45, 7) is 5.65. The third kappa shape index (κ3) is 4.09. The molecule has 0 saturated carbocycles. The molecule has 1 rings (SSSR count). The van der Waals surface area contributed by atoms with E-state index >= 15 is 0 Å². The van der Waals surface area contributed by atoms with Crippen molar-refractivity contribution in [1.29, 1.82) is 0 Å². The van der Waals surface area contributed by atoms with Crippen LogP contribution in [0.25, 0.3) is 0 Å². The molecule has 110 valence electrons. The lowest BCUT2D eigenvalue weighted by molar-refractivity contribution is -0.147. The highest BCUT2D eigenvalue weighted by Crippen LogP contribution is 2.21. The van der Waals surface area contributed by atoms with Crippen LogP contribution in [0.1, 0.15) is 26.7 Å². The minimum atomic E-state index is -0.901. The summed E-state index contributed by atoms with van der Waals surface area (Å²) in [5.74, 6) is -0.498. The predicted molar refractivity (Wildman–Crippen MR) is 71.0 cm³/mol. The number of carbonyl (C=O) groups is 2. The van der Waals surface area contributed by atoms with E-state index in [9.17, 15) is 9.59 Å². The number of urea groups is 1. The Bertz CT molecular complexity index is 335. The molecule has 0 aromatic heterocycles. The van der Waals surface area contributed by atoms with Crippen LogP contribution in [0.5, 0.6) is 0 Å². The summed E-state index contributed by atoms with van der Waals surface area (Å²) in [5.41, 5.74) is -0.901. The van der Waals surface area contributed by atoms with E-state index in [4.69, 9.17) is 9.84 Å². The number of carboxylic acids is 1. The van der Waals surface area contributed by atoms with Crippen molar-refractivity contribution >= 4 is 12.0 Å². The fourth-order valence-electron chi connectivity index (χ4n) is 2.12. The van der Waals surface area contributed by atoms with E-state index in [0.29, 0.717) is 32.0 Å². The average molecular weight is 272 g/mol. The lowest BCUT2D eigenvalue weighted by Gasteiger charge is -2.25. The van der Waals surface area contributed by atoms with E-state index in [1.807, 2.05) is 6.92 Å². The second-order valence-corrected chi connectivity index (χ2v) is 5.43. The summed E-state index contributed by atoms with van der Waals surface area (Å²) >= 11 is 0. The highest BCUT2D eigenvalue weighted by Gasteiger charge is 2.33. The van der Waals surface area contributed by atoms with Gasteiger partial charge in [0.15, 0.2) is 0 Å². The Kier molecular flexibility index (Phi) is 5.60. The van der Waals surface area contributed by atoms with Crippen molar-refractivity contribution in [2.75, 3.05) is 33.4 Å². The molecule has 19 heavy (non-hydrogen) atoms. The first-order valence-corrected chi connectivity index (χ1v) is 6.68. The molecule has 1 saturated heterocycles. The number of amides is 2. The Balaban J connectivity index is 2.42. The van der Waals surface area contributed by atoms with Gasteiger partial charge < -0.3 is 20.1 Å². The van der Waals surface area contributed by atoms with E-state index in [-0.39, 0.29) is 12.6 Å². The Labute approximate surface area is 114 Å². The van der Waals surface area contributed by atoms with Crippen molar-refractivity contribution in [3.63, 3.8) is 0 Å². The van der Waals surface area contributed by atoms with Gasteiger partial charge in [-0.2, -0.15) is 0 Å². The van der Waals surface area contributed by atoms with E-state index in [2.05, 4.69) is 5.32 Å². The van der Waals surface area contributed by atoms with Crippen molar-refractivity contribution in [3.8, 4) is 0 Å². The molecule has 0 aromatic rings. The van der Waals surface area contributed by atoms with Gasteiger partial charge in [0.2, 0.25) is 0 Å². The van der Waals surface area contributed by atoms with Crippen molar-refractivity contribution in [2.24, 2.45) is 11.3 Å². The summed E-state index contributed by atoms with van der Waals surface area (Å²) in [6, 6.07) is -0.181. The second kappa shape index (κ2) is 6.75. The molecule has 6 nitrogen and oxygen atoms in total. The van der Waals surface area contributed by atoms with Gasteiger partial charge >= 0.3 is 12.0 Å². The maximum absolute atomic E-state index is 12.0. The van der Waals surface area contributed by atoms with Crippen molar-refractivity contribution in [2.45, 2.75) is 26.7 Å². The van der Waals surface area contributed by atoms with Crippen LogP contribution in [0.2, 0.25) is 0 Å². The maximum atomic E-state index is 12.0. The third-order valence-electron chi connectivity index (χ3n) is 3.90. The summed E-state index contributed by atoms with van der Waals surface area (Å²) in [6.07, 6.45) is 1.42. The van der Waals surface area contributed by atoms with Gasteiger partial charge in [-0.15, -0.1) is 0 Å². The lowest BCUT2D eigenvalue weighted by Crippen LogP contribution is -2.45. The molecule has 1 fully saturated rings. The molecular formula is C13H24N2O4. The van der Waals surface area contributed by atoms with Crippen molar-refractivity contribution in [3.05, 3.63) is 0 Å². The fourth-order valence-corrected chi connectivity index (χ4v) is 2.12. The average Bonchev–Trinajstić information content (AvgIpc) is 2.84. The van der Waals surface area contributed by atoms with Crippen LogP contribution in [0, 0.1) is 11.3 Å². The summed E-state index contributed by atoms with van der Waals surface area (Å²) in [4.78, 5) is 24.8. The highest BCUT2D eigenvalue weighted by atomic mass is 16.5. The Morgan fingerprint density at radius 3 is 2.74 bits per heavy atom. The molecule has 1 aliphatic rings. The molecular weight excluding hydrogens is 248 g/mol. The van der Waals surface area contributed by atoms with Crippen molar-refractivity contribution in [1.82, 2.24) is 10.2 Å². The first-order valence-electron chi connectivity index (χ1n) is 6.68. The normalized spacial score (nSPS) is 22.1. The summed E-state index contributed by atoms with van der Waals surface area (Å²) in [5, 5.41) is 11.9. The van der Waals surface area contributed by atoms with Gasteiger partial charge in [-0.25, -0.2) is 4.79 Å².